The lowest BCUT2D eigenvalue weighted by Crippen LogP contribution is -2.40. The molecule has 1 amide bonds. The van der Waals surface area contributed by atoms with E-state index in [-0.39, 0.29) is 34.8 Å². The molecule has 2 aliphatic rings. The fraction of sp³-hybridized carbons (Fsp3) is 0.765. The first-order valence-corrected chi connectivity index (χ1v) is 11.8. The second-order valence-electron chi connectivity index (χ2n) is 7.18. The van der Waals surface area contributed by atoms with E-state index in [4.69, 9.17) is 4.74 Å². The van der Waals surface area contributed by atoms with Crippen LogP contribution in [0.15, 0.2) is 5.16 Å². The van der Waals surface area contributed by atoms with E-state index in [0.717, 1.165) is 42.5 Å². The summed E-state index contributed by atoms with van der Waals surface area (Å²) in [6, 6.07) is -0.273. The molecule has 7 nitrogen and oxygen atoms in total. The zero-order valence-corrected chi connectivity index (χ0v) is 17.2. The maximum Gasteiger partial charge on any atom is 0.233 e. The number of carbonyl (C=O) groups is 1. The first-order chi connectivity index (χ1) is 12.2. The highest BCUT2D eigenvalue weighted by Gasteiger charge is 2.30. The van der Waals surface area contributed by atoms with Crippen LogP contribution >= 0.6 is 11.8 Å². The van der Waals surface area contributed by atoms with E-state index >= 15 is 0 Å². The molecule has 0 saturated carbocycles. The van der Waals surface area contributed by atoms with Crippen molar-refractivity contribution in [2.45, 2.75) is 69.1 Å². The molecule has 0 aromatic carbocycles. The van der Waals surface area contributed by atoms with Crippen molar-refractivity contribution in [2.24, 2.45) is 0 Å². The molecule has 0 spiro atoms. The van der Waals surface area contributed by atoms with Crippen molar-refractivity contribution >= 4 is 27.5 Å². The first kappa shape index (κ1) is 19.7. The smallest absolute Gasteiger partial charge is 0.233 e. The molecule has 2 fully saturated rings. The molecule has 3 heterocycles. The van der Waals surface area contributed by atoms with E-state index in [2.05, 4.69) is 14.9 Å². The van der Waals surface area contributed by atoms with Crippen LogP contribution in [0.3, 0.4) is 0 Å². The number of nitrogens with zero attached hydrogens (tertiary/aromatic N) is 2. The Labute approximate surface area is 159 Å². The Hall–Kier alpha value is -1.06. The summed E-state index contributed by atoms with van der Waals surface area (Å²) in [7, 11) is -3.00. The van der Waals surface area contributed by atoms with E-state index in [1.807, 2.05) is 20.8 Å². The fourth-order valence-electron chi connectivity index (χ4n) is 3.36. The van der Waals surface area contributed by atoms with Crippen LogP contribution in [0.4, 0.5) is 0 Å². The Morgan fingerprint density at radius 3 is 2.81 bits per heavy atom. The maximum atomic E-state index is 12.5. The Kier molecular flexibility index (Phi) is 5.98. The minimum Gasteiger partial charge on any atom is -0.376 e. The Morgan fingerprint density at radius 1 is 1.42 bits per heavy atom. The number of carbonyl (C=O) groups excluding carboxylic acids is 1. The van der Waals surface area contributed by atoms with Gasteiger partial charge in [0.1, 0.15) is 0 Å². The van der Waals surface area contributed by atoms with Gasteiger partial charge in [0.2, 0.25) is 5.91 Å². The topological polar surface area (TPSA) is 90.3 Å². The van der Waals surface area contributed by atoms with Crippen LogP contribution < -0.4 is 5.32 Å². The summed E-state index contributed by atoms with van der Waals surface area (Å²) in [5.74, 6) is 0.0603. The number of rotatable bonds is 6. The molecule has 26 heavy (non-hydrogen) atoms. The summed E-state index contributed by atoms with van der Waals surface area (Å²) < 4.78 is 31.0. The summed E-state index contributed by atoms with van der Waals surface area (Å²) in [4.78, 5) is 17.1. The van der Waals surface area contributed by atoms with Crippen LogP contribution in [0.1, 0.15) is 37.6 Å². The van der Waals surface area contributed by atoms with E-state index < -0.39 is 9.84 Å². The molecule has 9 heteroatoms. The number of sulfone groups is 1. The largest absolute Gasteiger partial charge is 0.376 e. The minimum absolute atomic E-state index is 0.0436. The number of amides is 1. The minimum atomic E-state index is -3.00. The van der Waals surface area contributed by atoms with Gasteiger partial charge >= 0.3 is 0 Å². The van der Waals surface area contributed by atoms with E-state index in [1.54, 1.807) is 0 Å². The highest BCUT2D eigenvalue weighted by molar-refractivity contribution is 8.00. The lowest BCUT2D eigenvalue weighted by molar-refractivity contribution is -0.120. The van der Waals surface area contributed by atoms with Crippen molar-refractivity contribution in [3.8, 4) is 0 Å². The molecule has 146 valence electrons. The Balaban J connectivity index is 1.63. The van der Waals surface area contributed by atoms with Gasteiger partial charge in [-0.2, -0.15) is 0 Å². The lowest BCUT2D eigenvalue weighted by Gasteiger charge is -2.18. The highest BCUT2D eigenvalue weighted by atomic mass is 32.2. The Morgan fingerprint density at radius 2 is 2.19 bits per heavy atom. The molecule has 2 aliphatic heterocycles. The summed E-state index contributed by atoms with van der Waals surface area (Å²) in [6.45, 7) is 7.40. The van der Waals surface area contributed by atoms with Gasteiger partial charge in [-0.15, -0.1) is 0 Å². The zero-order valence-electron chi connectivity index (χ0n) is 15.5. The van der Waals surface area contributed by atoms with Gasteiger partial charge in [0.05, 0.1) is 35.1 Å². The molecule has 1 aromatic heterocycles. The molecule has 0 bridgehead atoms. The summed E-state index contributed by atoms with van der Waals surface area (Å²) in [6.07, 6.45) is 2.84. The van der Waals surface area contributed by atoms with Crippen molar-refractivity contribution in [1.29, 1.82) is 0 Å². The number of thioether (sulfide) groups is 1. The second-order valence-corrected chi connectivity index (χ2v) is 10.7. The van der Waals surface area contributed by atoms with Crippen molar-refractivity contribution in [3.05, 3.63) is 11.4 Å². The van der Waals surface area contributed by atoms with E-state index in [0.29, 0.717) is 6.42 Å². The number of ether oxygens (including phenoxy) is 1. The number of aryl methyl sites for hydroxylation is 1. The van der Waals surface area contributed by atoms with Crippen LogP contribution in [0.25, 0.3) is 0 Å². The summed E-state index contributed by atoms with van der Waals surface area (Å²) >= 11 is 1.41. The molecule has 0 unspecified atom stereocenters. The van der Waals surface area contributed by atoms with Crippen molar-refractivity contribution in [1.82, 2.24) is 14.9 Å². The molecule has 3 atom stereocenters. The molecule has 2 saturated heterocycles. The van der Waals surface area contributed by atoms with Gasteiger partial charge in [-0.1, -0.05) is 11.8 Å². The third-order valence-electron chi connectivity index (χ3n) is 5.06. The van der Waals surface area contributed by atoms with Crippen LogP contribution in [0.2, 0.25) is 0 Å². The van der Waals surface area contributed by atoms with Gasteiger partial charge in [0.25, 0.3) is 0 Å². The third kappa shape index (κ3) is 4.61. The second kappa shape index (κ2) is 7.90. The van der Waals surface area contributed by atoms with Gasteiger partial charge in [-0.05, 0) is 40.0 Å². The molecule has 0 radical (unpaired) electrons. The van der Waals surface area contributed by atoms with Crippen LogP contribution in [0.5, 0.6) is 0 Å². The van der Waals surface area contributed by atoms with E-state index in [9.17, 15) is 13.2 Å². The molecular formula is C17H27N3O4S2. The lowest BCUT2D eigenvalue weighted by atomic mass is 10.2. The number of hydrogen-bond donors (Lipinski definition) is 1. The molecule has 1 aromatic rings. The van der Waals surface area contributed by atoms with Crippen LogP contribution in [0, 0.1) is 13.8 Å². The SMILES string of the molecule is Cc1nc(S[C@H](C)C(=O)N[C@@H]2CCS(=O)(=O)C2)n(C[C@H]2CCCO2)c1C. The third-order valence-corrected chi connectivity index (χ3v) is 7.92. The number of hydrogen-bond acceptors (Lipinski definition) is 6. The normalized spacial score (nSPS) is 26.1. The van der Waals surface area contributed by atoms with Gasteiger partial charge in [-0.3, -0.25) is 4.79 Å². The van der Waals surface area contributed by atoms with Gasteiger partial charge in [0, 0.05) is 18.3 Å². The average molecular weight is 402 g/mol. The highest BCUT2D eigenvalue weighted by Crippen LogP contribution is 2.27. The number of imidazole rings is 1. The summed E-state index contributed by atoms with van der Waals surface area (Å²) in [5, 5.41) is 3.34. The predicted octanol–water partition coefficient (Wildman–Crippen LogP) is 1.46. The number of nitrogens with one attached hydrogen (secondary N) is 1. The quantitative estimate of drug-likeness (QED) is 0.726. The first-order valence-electron chi connectivity index (χ1n) is 9.08. The van der Waals surface area contributed by atoms with Crippen molar-refractivity contribution in [3.63, 3.8) is 0 Å². The van der Waals surface area contributed by atoms with E-state index in [1.165, 1.54) is 11.8 Å². The number of aromatic nitrogens is 2. The molecule has 3 rings (SSSR count). The van der Waals surface area contributed by atoms with Gasteiger partial charge < -0.3 is 14.6 Å². The standard InChI is InChI=1S/C17H27N3O4S2/c1-11-12(2)20(9-15-5-4-7-24-15)17(18-11)25-13(3)16(21)19-14-6-8-26(22,23)10-14/h13-15H,4-10H2,1-3H3,(H,19,21)/t13-,14-,15-/m1/s1. The summed E-state index contributed by atoms with van der Waals surface area (Å²) in [5.41, 5.74) is 2.05. The molecule has 0 aliphatic carbocycles. The fourth-order valence-corrected chi connectivity index (χ4v) is 6.05. The van der Waals surface area contributed by atoms with Crippen LogP contribution in [-0.4, -0.2) is 59.4 Å². The maximum absolute atomic E-state index is 12.5. The predicted molar refractivity (Wildman–Crippen MR) is 101 cm³/mol. The van der Waals surface area contributed by atoms with Crippen LogP contribution in [-0.2, 0) is 25.9 Å². The average Bonchev–Trinajstić information content (AvgIpc) is 3.25. The van der Waals surface area contributed by atoms with Gasteiger partial charge in [0.15, 0.2) is 15.0 Å². The zero-order chi connectivity index (χ0) is 18.9. The van der Waals surface area contributed by atoms with Gasteiger partial charge in [-0.25, -0.2) is 13.4 Å². The molecule has 1 N–H and O–H groups in total. The van der Waals surface area contributed by atoms with Crippen molar-refractivity contribution < 1.29 is 17.9 Å². The monoisotopic (exact) mass is 401 g/mol. The van der Waals surface area contributed by atoms with Crippen molar-refractivity contribution in [2.75, 3.05) is 18.1 Å². The molecular weight excluding hydrogens is 374 g/mol. The Bertz CT molecular complexity index is 769.